The third kappa shape index (κ3) is 5.99. The summed E-state index contributed by atoms with van der Waals surface area (Å²) in [5.41, 5.74) is 1.90. The number of carbonyl (C=O) groups excluding carboxylic acids is 1. The fourth-order valence-corrected chi connectivity index (χ4v) is 3.56. The number of amides is 1. The molecule has 5 nitrogen and oxygen atoms in total. The first-order chi connectivity index (χ1) is 11.9. The van der Waals surface area contributed by atoms with E-state index in [2.05, 4.69) is 5.32 Å². The van der Waals surface area contributed by atoms with Crippen molar-refractivity contribution in [3.05, 3.63) is 71.8 Å². The molecule has 6 heteroatoms. The van der Waals surface area contributed by atoms with Gasteiger partial charge in [-0.1, -0.05) is 60.7 Å². The Morgan fingerprint density at radius 1 is 1.04 bits per heavy atom. The normalized spacial score (nSPS) is 12.8. The number of nitrogens with one attached hydrogen (secondary N) is 1. The molecule has 0 bridgehead atoms. The number of hydrogen-bond donors (Lipinski definition) is 1. The summed E-state index contributed by atoms with van der Waals surface area (Å²) in [5.74, 6) is -0.475. The maximum atomic E-state index is 12.3. The average Bonchev–Trinajstić information content (AvgIpc) is 2.61. The van der Waals surface area contributed by atoms with Crippen molar-refractivity contribution in [2.24, 2.45) is 0 Å². The maximum absolute atomic E-state index is 12.3. The van der Waals surface area contributed by atoms with Crippen LogP contribution in [0.25, 0.3) is 0 Å². The van der Waals surface area contributed by atoms with Crippen LogP contribution in [0.3, 0.4) is 0 Å². The molecule has 1 unspecified atom stereocenters. The second-order valence-electron chi connectivity index (χ2n) is 6.01. The van der Waals surface area contributed by atoms with Gasteiger partial charge in [-0.05, 0) is 18.1 Å². The molecule has 0 spiro atoms. The number of carbonyl (C=O) groups is 1. The van der Waals surface area contributed by atoms with Crippen molar-refractivity contribution >= 4 is 15.9 Å². The summed E-state index contributed by atoms with van der Waals surface area (Å²) in [6.45, 7) is 2.18. The summed E-state index contributed by atoms with van der Waals surface area (Å²) in [6.07, 6.45) is -0.0569. The molecule has 1 amide bonds. The standard InChI is InChI=1S/C19H24N2O3S/c1-16(18-11-7-4-8-12-18)20-19(22)13-14-25(23,24)21(2)15-17-9-5-3-6-10-17/h3-12,16H,13-15H2,1-2H3,(H,20,22). The van der Waals surface area contributed by atoms with Crippen molar-refractivity contribution < 1.29 is 13.2 Å². The van der Waals surface area contributed by atoms with E-state index in [0.29, 0.717) is 6.54 Å². The van der Waals surface area contributed by atoms with E-state index >= 15 is 0 Å². The van der Waals surface area contributed by atoms with Gasteiger partial charge in [-0.2, -0.15) is 0 Å². The highest BCUT2D eigenvalue weighted by molar-refractivity contribution is 7.89. The van der Waals surface area contributed by atoms with E-state index in [1.165, 1.54) is 11.4 Å². The van der Waals surface area contributed by atoms with Crippen molar-refractivity contribution in [2.45, 2.75) is 25.9 Å². The summed E-state index contributed by atoms with van der Waals surface area (Å²) < 4.78 is 26.0. The van der Waals surface area contributed by atoms with Gasteiger partial charge in [0.1, 0.15) is 0 Å². The molecule has 0 saturated carbocycles. The molecule has 0 aromatic heterocycles. The first-order valence-electron chi connectivity index (χ1n) is 8.21. The molecule has 2 rings (SSSR count). The zero-order valence-electron chi connectivity index (χ0n) is 14.6. The highest BCUT2D eigenvalue weighted by atomic mass is 32.2. The Kier molecular flexibility index (Phi) is 6.73. The van der Waals surface area contributed by atoms with Crippen LogP contribution < -0.4 is 5.32 Å². The van der Waals surface area contributed by atoms with Crippen LogP contribution in [-0.2, 0) is 21.4 Å². The molecule has 1 N–H and O–H groups in total. The zero-order valence-corrected chi connectivity index (χ0v) is 15.4. The van der Waals surface area contributed by atoms with E-state index in [1.54, 1.807) is 0 Å². The predicted molar refractivity (Wildman–Crippen MR) is 99.3 cm³/mol. The Labute approximate surface area is 149 Å². The summed E-state index contributed by atoms with van der Waals surface area (Å²) in [4.78, 5) is 12.1. The Morgan fingerprint density at radius 2 is 1.60 bits per heavy atom. The van der Waals surface area contributed by atoms with Crippen LogP contribution in [0, 0.1) is 0 Å². The summed E-state index contributed by atoms with van der Waals surface area (Å²) in [7, 11) is -1.95. The van der Waals surface area contributed by atoms with E-state index in [9.17, 15) is 13.2 Å². The minimum atomic E-state index is -3.48. The number of hydrogen-bond acceptors (Lipinski definition) is 3. The molecule has 0 fully saturated rings. The fraction of sp³-hybridized carbons (Fsp3) is 0.316. The molecule has 2 aromatic rings. The van der Waals surface area contributed by atoms with Crippen molar-refractivity contribution in [2.75, 3.05) is 12.8 Å². The molecule has 2 aromatic carbocycles. The van der Waals surface area contributed by atoms with E-state index in [0.717, 1.165) is 11.1 Å². The van der Waals surface area contributed by atoms with Crippen LogP contribution in [0.5, 0.6) is 0 Å². The van der Waals surface area contributed by atoms with Gasteiger partial charge in [-0.15, -0.1) is 0 Å². The Balaban J connectivity index is 1.85. The van der Waals surface area contributed by atoms with E-state index < -0.39 is 10.0 Å². The highest BCUT2D eigenvalue weighted by Gasteiger charge is 2.20. The van der Waals surface area contributed by atoms with E-state index in [-0.39, 0.29) is 24.1 Å². The minimum Gasteiger partial charge on any atom is -0.350 e. The number of sulfonamides is 1. The van der Waals surface area contributed by atoms with Crippen LogP contribution in [0.4, 0.5) is 0 Å². The van der Waals surface area contributed by atoms with Gasteiger partial charge in [-0.3, -0.25) is 4.79 Å². The van der Waals surface area contributed by atoms with Crippen LogP contribution in [-0.4, -0.2) is 31.4 Å². The smallest absolute Gasteiger partial charge is 0.221 e. The van der Waals surface area contributed by atoms with E-state index in [1.807, 2.05) is 67.6 Å². The predicted octanol–water partition coefficient (Wildman–Crippen LogP) is 2.72. The van der Waals surface area contributed by atoms with Crippen LogP contribution in [0.15, 0.2) is 60.7 Å². The van der Waals surface area contributed by atoms with Crippen LogP contribution >= 0.6 is 0 Å². The van der Waals surface area contributed by atoms with Gasteiger partial charge in [0.15, 0.2) is 0 Å². The number of benzene rings is 2. The SMILES string of the molecule is CC(NC(=O)CCS(=O)(=O)N(C)Cc1ccccc1)c1ccccc1. The Hall–Kier alpha value is -2.18. The molecule has 0 saturated heterocycles. The Bertz CT molecular complexity index is 777. The van der Waals surface area contributed by atoms with Crippen molar-refractivity contribution in [3.63, 3.8) is 0 Å². The fourth-order valence-electron chi connectivity index (χ4n) is 2.46. The van der Waals surface area contributed by atoms with Gasteiger partial charge < -0.3 is 5.32 Å². The van der Waals surface area contributed by atoms with Crippen molar-refractivity contribution in [1.29, 1.82) is 0 Å². The average molecular weight is 360 g/mol. The van der Waals surface area contributed by atoms with Crippen molar-refractivity contribution in [1.82, 2.24) is 9.62 Å². The molecule has 1 atom stereocenters. The lowest BCUT2D eigenvalue weighted by molar-refractivity contribution is -0.121. The van der Waals surface area contributed by atoms with Gasteiger partial charge in [0.2, 0.25) is 15.9 Å². The molecular weight excluding hydrogens is 336 g/mol. The number of rotatable bonds is 8. The second-order valence-corrected chi connectivity index (χ2v) is 8.20. The lowest BCUT2D eigenvalue weighted by Gasteiger charge is -2.18. The third-order valence-corrected chi connectivity index (χ3v) is 5.79. The summed E-state index contributed by atoms with van der Waals surface area (Å²) in [6, 6.07) is 18.8. The lowest BCUT2D eigenvalue weighted by atomic mass is 10.1. The second kappa shape index (κ2) is 8.78. The van der Waals surface area contributed by atoms with E-state index in [4.69, 9.17) is 0 Å². The quantitative estimate of drug-likeness (QED) is 0.787. The first-order valence-corrected chi connectivity index (χ1v) is 9.81. The van der Waals surface area contributed by atoms with Crippen LogP contribution in [0.2, 0.25) is 0 Å². The van der Waals surface area contributed by atoms with Gasteiger partial charge in [-0.25, -0.2) is 12.7 Å². The van der Waals surface area contributed by atoms with Gasteiger partial charge in [0, 0.05) is 20.0 Å². The third-order valence-electron chi connectivity index (χ3n) is 3.99. The van der Waals surface area contributed by atoms with Crippen LogP contribution in [0.1, 0.15) is 30.5 Å². The Morgan fingerprint density at radius 3 is 2.20 bits per heavy atom. The molecular formula is C19H24N2O3S. The molecule has 25 heavy (non-hydrogen) atoms. The molecule has 0 aliphatic rings. The monoisotopic (exact) mass is 360 g/mol. The van der Waals surface area contributed by atoms with Gasteiger partial charge in [0.05, 0.1) is 11.8 Å². The molecule has 134 valence electrons. The molecule has 0 heterocycles. The molecule has 0 aliphatic heterocycles. The molecule has 0 aliphatic carbocycles. The van der Waals surface area contributed by atoms with Gasteiger partial charge in [0.25, 0.3) is 0 Å². The topological polar surface area (TPSA) is 66.5 Å². The largest absolute Gasteiger partial charge is 0.350 e. The number of nitrogens with zero attached hydrogens (tertiary/aromatic N) is 1. The molecule has 0 radical (unpaired) electrons. The summed E-state index contributed by atoms with van der Waals surface area (Å²) >= 11 is 0. The highest BCUT2D eigenvalue weighted by Crippen LogP contribution is 2.12. The maximum Gasteiger partial charge on any atom is 0.221 e. The lowest BCUT2D eigenvalue weighted by Crippen LogP contribution is -2.33. The zero-order chi connectivity index (χ0) is 18.3. The first kappa shape index (κ1) is 19.1. The minimum absolute atomic E-state index is 0.0569. The van der Waals surface area contributed by atoms with Crippen molar-refractivity contribution in [3.8, 4) is 0 Å². The van der Waals surface area contributed by atoms with Gasteiger partial charge >= 0.3 is 0 Å². The summed E-state index contributed by atoms with van der Waals surface area (Å²) in [5, 5.41) is 2.84.